The van der Waals surface area contributed by atoms with Gasteiger partial charge in [-0.2, -0.15) is 0 Å². The van der Waals surface area contributed by atoms with E-state index in [9.17, 15) is 14.4 Å². The van der Waals surface area contributed by atoms with E-state index in [1.807, 2.05) is 6.92 Å². The fourth-order valence-corrected chi connectivity index (χ4v) is 6.13. The monoisotopic (exact) mass is 666 g/mol. The van der Waals surface area contributed by atoms with Crippen LogP contribution in [0.5, 0.6) is 0 Å². The zero-order chi connectivity index (χ0) is 34.5. The minimum atomic E-state index is -0.797. The highest BCUT2D eigenvalue weighted by atomic mass is 16.5. The zero-order valence-corrected chi connectivity index (χ0v) is 31.7. The van der Waals surface area contributed by atoms with E-state index in [0.29, 0.717) is 26.1 Å². The molecule has 0 spiro atoms. The highest BCUT2D eigenvalue weighted by Crippen LogP contribution is 2.15. The predicted octanol–water partition coefficient (Wildman–Crippen LogP) is 12.1. The fourth-order valence-electron chi connectivity index (χ4n) is 6.13. The van der Waals surface area contributed by atoms with Crippen molar-refractivity contribution in [3.05, 3.63) is 0 Å². The molecule has 1 atom stereocenters. The maximum Gasteiger partial charge on any atom is 0.328 e. The van der Waals surface area contributed by atoms with Crippen molar-refractivity contribution >= 4 is 17.8 Å². The summed E-state index contributed by atoms with van der Waals surface area (Å²) >= 11 is 0. The van der Waals surface area contributed by atoms with E-state index in [2.05, 4.69) is 19.2 Å². The lowest BCUT2D eigenvalue weighted by Crippen LogP contribution is -2.42. The van der Waals surface area contributed by atoms with Crippen LogP contribution in [0.1, 0.15) is 226 Å². The predicted molar refractivity (Wildman–Crippen MR) is 199 cm³/mol. The lowest BCUT2D eigenvalue weighted by Gasteiger charge is -2.17. The number of rotatable bonds is 37. The Morgan fingerprint density at radius 3 is 1.13 bits per heavy atom. The van der Waals surface area contributed by atoms with Crippen LogP contribution >= 0.6 is 0 Å². The van der Waals surface area contributed by atoms with Gasteiger partial charge in [0.1, 0.15) is 6.04 Å². The first-order valence-electron chi connectivity index (χ1n) is 20.7. The Balaban J connectivity index is 3.90. The second kappa shape index (κ2) is 37.2. The molecule has 0 aliphatic heterocycles. The van der Waals surface area contributed by atoms with Crippen molar-refractivity contribution in [2.75, 3.05) is 13.2 Å². The van der Waals surface area contributed by atoms with E-state index in [-0.39, 0.29) is 24.7 Å². The molecule has 6 nitrogen and oxygen atoms in total. The van der Waals surface area contributed by atoms with E-state index in [1.54, 1.807) is 0 Å². The smallest absolute Gasteiger partial charge is 0.328 e. The zero-order valence-electron chi connectivity index (χ0n) is 31.7. The molecule has 1 unspecified atom stereocenters. The van der Waals surface area contributed by atoms with Gasteiger partial charge >= 0.3 is 11.9 Å². The first-order chi connectivity index (χ1) is 23.0. The van der Waals surface area contributed by atoms with Gasteiger partial charge in [-0.15, -0.1) is 0 Å². The van der Waals surface area contributed by atoms with Crippen LogP contribution in [-0.2, 0) is 23.9 Å². The molecule has 0 aliphatic carbocycles. The van der Waals surface area contributed by atoms with Gasteiger partial charge in [0.2, 0.25) is 5.91 Å². The van der Waals surface area contributed by atoms with Gasteiger partial charge in [0.05, 0.1) is 13.2 Å². The van der Waals surface area contributed by atoms with Crippen LogP contribution in [0.4, 0.5) is 0 Å². The molecule has 0 radical (unpaired) electrons. The molecule has 0 rings (SSSR count). The number of hydrogen-bond acceptors (Lipinski definition) is 5. The van der Waals surface area contributed by atoms with Gasteiger partial charge in [0.25, 0.3) is 0 Å². The lowest BCUT2D eigenvalue weighted by atomic mass is 10.0. The van der Waals surface area contributed by atoms with Crippen molar-refractivity contribution in [1.82, 2.24) is 5.32 Å². The summed E-state index contributed by atoms with van der Waals surface area (Å²) in [7, 11) is 0. The van der Waals surface area contributed by atoms with E-state index < -0.39 is 12.0 Å². The summed E-state index contributed by atoms with van der Waals surface area (Å²) in [5.41, 5.74) is 0. The standard InChI is InChI=1S/C41H79NO5/c1-4-7-9-11-13-15-17-19-21-23-25-27-29-31-36-46-40(44)35-34-38(42-39(43)33-6-3)41(45)47-37-32-30-28-26-24-22-20-18-16-14-12-10-8-5-2/h38H,4-37H2,1-3H3,(H,42,43). The SMILES string of the molecule is CCCCCCCCCCCCCCCCOC(=O)CCC(NC(=O)CCC)C(=O)OCCCCCCCCCCCCCCCC. The van der Waals surface area contributed by atoms with Gasteiger partial charge in [-0.3, -0.25) is 9.59 Å². The summed E-state index contributed by atoms with van der Waals surface area (Å²) in [5, 5.41) is 2.78. The number of nitrogens with one attached hydrogen (secondary N) is 1. The maximum absolute atomic E-state index is 12.7. The van der Waals surface area contributed by atoms with Crippen LogP contribution in [0.2, 0.25) is 0 Å². The van der Waals surface area contributed by atoms with E-state index >= 15 is 0 Å². The number of carbonyl (C=O) groups excluding carboxylic acids is 3. The van der Waals surface area contributed by atoms with Crippen LogP contribution in [0.3, 0.4) is 0 Å². The number of hydrogen-bond donors (Lipinski definition) is 1. The molecule has 1 N–H and O–H groups in total. The first kappa shape index (κ1) is 45.4. The molecule has 0 aromatic heterocycles. The molecule has 1 amide bonds. The highest BCUT2D eigenvalue weighted by Gasteiger charge is 2.23. The van der Waals surface area contributed by atoms with Crippen LogP contribution in [-0.4, -0.2) is 37.1 Å². The quantitative estimate of drug-likeness (QED) is 0.0527. The van der Waals surface area contributed by atoms with Crippen molar-refractivity contribution in [1.29, 1.82) is 0 Å². The first-order valence-corrected chi connectivity index (χ1v) is 20.7. The summed E-state index contributed by atoms with van der Waals surface area (Å²) in [6, 6.07) is -0.797. The van der Waals surface area contributed by atoms with E-state index in [1.165, 1.54) is 148 Å². The molecular formula is C41H79NO5. The number of esters is 2. The molecule has 0 aliphatic rings. The summed E-state index contributed by atoms with van der Waals surface area (Å²) in [5.74, 6) is -0.931. The third kappa shape index (κ3) is 34.1. The second-order valence-corrected chi connectivity index (χ2v) is 14.0. The average molecular weight is 666 g/mol. The molecule has 0 bridgehead atoms. The summed E-state index contributed by atoms with van der Waals surface area (Å²) in [4.78, 5) is 37.3. The largest absolute Gasteiger partial charge is 0.466 e. The molecule has 0 aromatic carbocycles. The number of amides is 1. The number of unbranched alkanes of at least 4 members (excludes halogenated alkanes) is 26. The fraction of sp³-hybridized carbons (Fsp3) is 0.927. The molecule has 0 saturated heterocycles. The maximum atomic E-state index is 12.7. The summed E-state index contributed by atoms with van der Waals surface area (Å²) < 4.78 is 10.9. The van der Waals surface area contributed by atoms with Crippen LogP contribution in [0.15, 0.2) is 0 Å². The Morgan fingerprint density at radius 2 is 0.766 bits per heavy atom. The Morgan fingerprint density at radius 1 is 0.426 bits per heavy atom. The van der Waals surface area contributed by atoms with Crippen molar-refractivity contribution in [2.45, 2.75) is 232 Å². The van der Waals surface area contributed by atoms with Gasteiger partial charge in [-0.05, 0) is 25.7 Å². The van der Waals surface area contributed by atoms with Gasteiger partial charge < -0.3 is 14.8 Å². The summed E-state index contributed by atoms with van der Waals surface area (Å²) in [6.45, 7) is 7.25. The Kier molecular flexibility index (Phi) is 36.0. The topological polar surface area (TPSA) is 81.7 Å². The van der Waals surface area contributed by atoms with Crippen molar-refractivity contribution in [2.24, 2.45) is 0 Å². The van der Waals surface area contributed by atoms with Crippen LogP contribution in [0.25, 0.3) is 0 Å². The third-order valence-electron chi connectivity index (χ3n) is 9.24. The van der Waals surface area contributed by atoms with E-state index in [0.717, 1.165) is 32.1 Å². The van der Waals surface area contributed by atoms with Gasteiger partial charge in [0, 0.05) is 12.8 Å². The number of carbonyl (C=O) groups is 3. The molecule has 0 aromatic rings. The minimum Gasteiger partial charge on any atom is -0.466 e. The van der Waals surface area contributed by atoms with Crippen LogP contribution < -0.4 is 5.32 Å². The molecular weight excluding hydrogens is 586 g/mol. The molecule has 0 saturated carbocycles. The molecule has 47 heavy (non-hydrogen) atoms. The van der Waals surface area contributed by atoms with Crippen molar-refractivity contribution in [3.8, 4) is 0 Å². The normalized spacial score (nSPS) is 11.8. The van der Waals surface area contributed by atoms with Gasteiger partial charge in [-0.1, -0.05) is 188 Å². The lowest BCUT2D eigenvalue weighted by molar-refractivity contribution is -0.149. The minimum absolute atomic E-state index is 0.101. The van der Waals surface area contributed by atoms with Gasteiger partial charge in [0.15, 0.2) is 0 Å². The Hall–Kier alpha value is -1.59. The average Bonchev–Trinajstić information content (AvgIpc) is 3.06. The van der Waals surface area contributed by atoms with Gasteiger partial charge in [-0.25, -0.2) is 4.79 Å². The van der Waals surface area contributed by atoms with Crippen molar-refractivity contribution in [3.63, 3.8) is 0 Å². The van der Waals surface area contributed by atoms with Crippen LogP contribution in [0, 0.1) is 0 Å². The molecule has 6 heteroatoms. The third-order valence-corrected chi connectivity index (χ3v) is 9.24. The van der Waals surface area contributed by atoms with E-state index in [4.69, 9.17) is 9.47 Å². The molecule has 0 fully saturated rings. The highest BCUT2D eigenvalue weighted by molar-refractivity contribution is 5.84. The second-order valence-electron chi connectivity index (χ2n) is 14.0. The Bertz CT molecular complexity index is 697. The number of ether oxygens (including phenoxy) is 2. The molecule has 278 valence electrons. The molecule has 0 heterocycles. The van der Waals surface area contributed by atoms with Crippen molar-refractivity contribution < 1.29 is 23.9 Å². The summed E-state index contributed by atoms with van der Waals surface area (Å²) in [6.07, 6.45) is 37.3. The Labute approximate surface area is 292 Å².